The van der Waals surface area contributed by atoms with Gasteiger partial charge in [-0.05, 0) is 42.0 Å². The molecule has 0 aliphatic heterocycles. The molecule has 0 aliphatic rings. The number of hydrogen-bond acceptors (Lipinski definition) is 1. The fraction of sp³-hybridized carbons (Fsp3) is 0.500. The molecule has 0 atom stereocenters. The van der Waals surface area contributed by atoms with Gasteiger partial charge >= 0.3 is 0 Å². The number of benzene rings is 1. The van der Waals surface area contributed by atoms with E-state index in [1.807, 2.05) is 0 Å². The SMILES string of the molecule is CCc1cc2cc(CC(C)C)c1o2. The average Bonchev–Trinajstić information content (AvgIpc) is 2.60. The molecule has 2 aromatic rings. The van der Waals surface area contributed by atoms with Crippen LogP contribution in [0.3, 0.4) is 0 Å². The molecule has 2 aromatic heterocycles. The van der Waals surface area contributed by atoms with E-state index >= 15 is 0 Å². The zero-order valence-electron chi connectivity index (χ0n) is 8.55. The van der Waals surface area contributed by atoms with Gasteiger partial charge in [0.25, 0.3) is 0 Å². The number of hydrogen-bond donors (Lipinski definition) is 0. The summed E-state index contributed by atoms with van der Waals surface area (Å²) in [5.41, 5.74) is 4.95. The van der Waals surface area contributed by atoms with Crippen LogP contribution >= 0.6 is 0 Å². The normalized spacial score (nSPS) is 12.0. The first-order chi connectivity index (χ1) is 6.20. The van der Waals surface area contributed by atoms with Crippen molar-refractivity contribution >= 4 is 11.2 Å². The van der Waals surface area contributed by atoms with Gasteiger partial charge in [0, 0.05) is 0 Å². The molecule has 2 rings (SSSR count). The summed E-state index contributed by atoms with van der Waals surface area (Å²) < 4.78 is 5.64. The van der Waals surface area contributed by atoms with Crippen LogP contribution in [0.25, 0.3) is 11.2 Å². The minimum absolute atomic E-state index is 0.709. The number of rotatable bonds is 3. The minimum atomic E-state index is 0.709. The second-order valence-electron chi connectivity index (χ2n) is 4.12. The van der Waals surface area contributed by atoms with Crippen molar-refractivity contribution in [2.45, 2.75) is 33.6 Å². The number of aryl methyl sites for hydroxylation is 1. The minimum Gasteiger partial charge on any atom is -0.457 e. The maximum atomic E-state index is 5.64. The lowest BCUT2D eigenvalue weighted by atomic mass is 10.0. The Kier molecular flexibility index (Phi) is 2.03. The first-order valence-corrected chi connectivity index (χ1v) is 5.04. The maximum Gasteiger partial charge on any atom is 0.134 e. The smallest absolute Gasteiger partial charge is 0.134 e. The van der Waals surface area contributed by atoms with E-state index in [0.29, 0.717) is 5.92 Å². The first-order valence-electron chi connectivity index (χ1n) is 5.04. The van der Waals surface area contributed by atoms with Gasteiger partial charge in [0.2, 0.25) is 0 Å². The Morgan fingerprint density at radius 2 is 1.92 bits per heavy atom. The molecule has 0 saturated heterocycles. The molecule has 0 aliphatic carbocycles. The van der Waals surface area contributed by atoms with Crippen LogP contribution in [0.1, 0.15) is 31.9 Å². The van der Waals surface area contributed by atoms with Crippen LogP contribution in [-0.2, 0) is 12.8 Å². The Morgan fingerprint density at radius 1 is 1.23 bits per heavy atom. The Morgan fingerprint density at radius 3 is 2.46 bits per heavy atom. The Hall–Kier alpha value is -0.980. The fourth-order valence-corrected chi connectivity index (χ4v) is 1.88. The lowest BCUT2D eigenvalue weighted by molar-refractivity contribution is 0.635. The molecule has 70 valence electrons. The van der Waals surface area contributed by atoms with Crippen molar-refractivity contribution in [1.29, 1.82) is 0 Å². The summed E-state index contributed by atoms with van der Waals surface area (Å²) in [6.07, 6.45) is 2.21. The molecule has 1 heteroatoms. The third kappa shape index (κ3) is 1.43. The summed E-state index contributed by atoms with van der Waals surface area (Å²) in [5.74, 6) is 0.709. The summed E-state index contributed by atoms with van der Waals surface area (Å²) in [6, 6.07) is 4.33. The Balaban J connectivity index is 2.37. The van der Waals surface area contributed by atoms with Crippen LogP contribution in [0.4, 0.5) is 0 Å². The summed E-state index contributed by atoms with van der Waals surface area (Å²) >= 11 is 0. The quantitative estimate of drug-likeness (QED) is 0.696. The van der Waals surface area contributed by atoms with Crippen LogP contribution < -0.4 is 0 Å². The van der Waals surface area contributed by atoms with Crippen LogP contribution in [0.15, 0.2) is 16.5 Å². The topological polar surface area (TPSA) is 13.1 Å². The Labute approximate surface area is 79.1 Å². The van der Waals surface area contributed by atoms with E-state index in [1.165, 1.54) is 11.1 Å². The van der Waals surface area contributed by atoms with Crippen molar-refractivity contribution in [3.8, 4) is 0 Å². The second kappa shape index (κ2) is 3.06. The zero-order chi connectivity index (χ0) is 9.42. The molecule has 13 heavy (non-hydrogen) atoms. The van der Waals surface area contributed by atoms with Gasteiger partial charge in [-0.15, -0.1) is 0 Å². The van der Waals surface area contributed by atoms with Gasteiger partial charge in [-0.25, -0.2) is 0 Å². The van der Waals surface area contributed by atoms with Crippen LogP contribution in [0.2, 0.25) is 0 Å². The fourth-order valence-electron chi connectivity index (χ4n) is 1.88. The van der Waals surface area contributed by atoms with E-state index in [1.54, 1.807) is 0 Å². The lowest BCUT2D eigenvalue weighted by Gasteiger charge is -2.03. The second-order valence-corrected chi connectivity index (χ2v) is 4.12. The molecule has 0 aromatic carbocycles. The van der Waals surface area contributed by atoms with Gasteiger partial charge in [0.05, 0.1) is 0 Å². The third-order valence-electron chi connectivity index (χ3n) is 2.45. The standard InChI is InChI=1S/C12H16O/c1-4-9-6-11-7-10(5-8(2)3)12(9)13-11/h6-8H,4-5H2,1-3H3. The van der Waals surface area contributed by atoms with Crippen LogP contribution in [0.5, 0.6) is 0 Å². The lowest BCUT2D eigenvalue weighted by Crippen LogP contribution is -1.93. The van der Waals surface area contributed by atoms with Crippen molar-refractivity contribution in [2.24, 2.45) is 5.92 Å². The van der Waals surface area contributed by atoms with Crippen molar-refractivity contribution in [3.05, 3.63) is 23.3 Å². The van der Waals surface area contributed by atoms with Gasteiger partial charge in [-0.3, -0.25) is 0 Å². The van der Waals surface area contributed by atoms with Crippen molar-refractivity contribution in [1.82, 2.24) is 0 Å². The molecule has 0 fully saturated rings. The molecule has 0 amide bonds. The highest BCUT2D eigenvalue weighted by Crippen LogP contribution is 2.29. The van der Waals surface area contributed by atoms with E-state index in [4.69, 9.17) is 4.42 Å². The molecule has 0 spiro atoms. The third-order valence-corrected chi connectivity index (χ3v) is 2.45. The van der Waals surface area contributed by atoms with Crippen molar-refractivity contribution in [3.63, 3.8) is 0 Å². The van der Waals surface area contributed by atoms with Crippen molar-refractivity contribution < 1.29 is 4.42 Å². The molecular formula is C12H16O. The highest BCUT2D eigenvalue weighted by molar-refractivity contribution is 5.71. The number of fused-ring (bicyclic) bond motifs is 2. The maximum absolute atomic E-state index is 5.64. The Bertz CT molecular complexity index is 384. The molecule has 2 bridgehead atoms. The van der Waals surface area contributed by atoms with Gasteiger partial charge < -0.3 is 4.42 Å². The van der Waals surface area contributed by atoms with Gasteiger partial charge in [0.15, 0.2) is 0 Å². The van der Waals surface area contributed by atoms with E-state index in [-0.39, 0.29) is 0 Å². The molecule has 0 unspecified atom stereocenters. The predicted molar refractivity (Wildman–Crippen MR) is 55.3 cm³/mol. The summed E-state index contributed by atoms with van der Waals surface area (Å²) in [5, 5.41) is 0. The highest BCUT2D eigenvalue weighted by atomic mass is 16.3. The highest BCUT2D eigenvalue weighted by Gasteiger charge is 2.13. The van der Waals surface area contributed by atoms with E-state index in [2.05, 4.69) is 32.9 Å². The molecule has 2 heterocycles. The monoisotopic (exact) mass is 176 g/mol. The van der Waals surface area contributed by atoms with Gasteiger partial charge in [-0.1, -0.05) is 20.8 Å². The van der Waals surface area contributed by atoms with Crippen LogP contribution in [0, 0.1) is 5.92 Å². The van der Waals surface area contributed by atoms with Gasteiger partial charge in [-0.2, -0.15) is 0 Å². The average molecular weight is 176 g/mol. The van der Waals surface area contributed by atoms with E-state index in [0.717, 1.165) is 24.0 Å². The summed E-state index contributed by atoms with van der Waals surface area (Å²) in [6.45, 7) is 6.66. The molecule has 0 radical (unpaired) electrons. The predicted octanol–water partition coefficient (Wildman–Crippen LogP) is 3.63. The zero-order valence-corrected chi connectivity index (χ0v) is 8.55. The molecule has 1 nitrogen and oxygen atoms in total. The summed E-state index contributed by atoms with van der Waals surface area (Å²) in [7, 11) is 0. The summed E-state index contributed by atoms with van der Waals surface area (Å²) in [4.78, 5) is 0. The van der Waals surface area contributed by atoms with E-state index < -0.39 is 0 Å². The molecule has 0 saturated carbocycles. The first kappa shape index (κ1) is 8.61. The van der Waals surface area contributed by atoms with Crippen molar-refractivity contribution in [2.75, 3.05) is 0 Å². The van der Waals surface area contributed by atoms with Gasteiger partial charge in [0.1, 0.15) is 11.2 Å². The largest absolute Gasteiger partial charge is 0.457 e. The van der Waals surface area contributed by atoms with E-state index in [9.17, 15) is 0 Å². The molecule has 0 N–H and O–H groups in total. The van der Waals surface area contributed by atoms with Crippen LogP contribution in [-0.4, -0.2) is 0 Å². The molecular weight excluding hydrogens is 160 g/mol. The number of furan rings is 2.